The normalized spacial score (nSPS) is 45.2. The van der Waals surface area contributed by atoms with Crippen molar-refractivity contribution in [2.45, 2.75) is 120 Å². The molecule has 0 heterocycles. The molecule has 0 radical (unpaired) electrons. The van der Waals surface area contributed by atoms with E-state index in [1.807, 2.05) is 0 Å². The molecule has 5 aliphatic rings. The van der Waals surface area contributed by atoms with Crippen molar-refractivity contribution in [3.8, 4) is 0 Å². The molecular weight excluding hydrogens is 510 g/mol. The van der Waals surface area contributed by atoms with Crippen LogP contribution in [0.2, 0.25) is 0 Å². The van der Waals surface area contributed by atoms with E-state index >= 15 is 0 Å². The topological polar surface area (TPSA) is 63.7 Å². The number of carbonyl (C=O) groups is 3. The van der Waals surface area contributed by atoms with Crippen LogP contribution in [0.1, 0.15) is 120 Å². The molecule has 0 aromatic heterocycles. The summed E-state index contributed by atoms with van der Waals surface area (Å²) in [6.45, 7) is 23.4. The van der Waals surface area contributed by atoms with Gasteiger partial charge in [-0.05, 0) is 111 Å². The van der Waals surface area contributed by atoms with Gasteiger partial charge in [0.15, 0.2) is 5.78 Å². The Hall–Kier alpha value is -1.49. The number of Topliss-reactive ketones (excluding diaryl/α,β-unsaturated/α-hetero) is 1. The monoisotopic (exact) mass is 567 g/mol. The van der Waals surface area contributed by atoms with Crippen molar-refractivity contribution < 1.29 is 19.1 Å². The fraction of sp³-hybridized carbons (Fsp3) is 0.861. The molecule has 4 fully saturated rings. The van der Waals surface area contributed by atoms with Crippen molar-refractivity contribution in [3.63, 3.8) is 0 Å². The van der Waals surface area contributed by atoms with Crippen molar-refractivity contribution in [2.24, 2.45) is 50.2 Å². The number of allylic oxidation sites excluding steroid dienone is 2. The van der Waals surface area contributed by atoms with E-state index in [9.17, 15) is 14.4 Å². The number of hydrogen-bond donors (Lipinski definition) is 0. The van der Waals surface area contributed by atoms with Crippen LogP contribution in [0.15, 0.2) is 11.6 Å². The second kappa shape index (κ2) is 10.0. The summed E-state index contributed by atoms with van der Waals surface area (Å²) >= 11 is 0. The molecule has 0 aromatic rings. The zero-order chi connectivity index (χ0) is 30.2. The van der Waals surface area contributed by atoms with Gasteiger partial charge >= 0.3 is 5.97 Å². The molecule has 230 valence electrons. The first-order valence-corrected chi connectivity index (χ1v) is 16.7. The summed E-state index contributed by atoms with van der Waals surface area (Å²) in [5.41, 5.74) is 0.145. The Morgan fingerprint density at radius 1 is 0.927 bits per heavy atom. The first-order chi connectivity index (χ1) is 19.0. The summed E-state index contributed by atoms with van der Waals surface area (Å²) in [6, 6.07) is 0. The first-order valence-electron chi connectivity index (χ1n) is 16.7. The standard InChI is InChI=1S/C36H57NO4/c1-10-37(11-2)20-21-41-30(40)33(6)17-16-32(5)18-19-35(8)24(25(32)23-33)22-26(38)29-34(7)14-13-28(39)31(3,4)27(34)12-15-36(29,35)9/h22,25,27,29H,10-21,23H2,1-9H3/t25-,27-,29+,32+,33-,34-,35+,36+/m0/s1. The lowest BCUT2D eigenvalue weighted by Crippen LogP contribution is -2.66. The van der Waals surface area contributed by atoms with Gasteiger partial charge in [-0.15, -0.1) is 0 Å². The maximum absolute atomic E-state index is 14.5. The number of rotatable bonds is 6. The van der Waals surface area contributed by atoms with E-state index in [0.717, 1.165) is 71.0 Å². The molecule has 0 saturated heterocycles. The summed E-state index contributed by atoms with van der Waals surface area (Å²) < 4.78 is 5.93. The maximum atomic E-state index is 14.5. The van der Waals surface area contributed by atoms with Crippen molar-refractivity contribution in [2.75, 3.05) is 26.2 Å². The summed E-state index contributed by atoms with van der Waals surface area (Å²) in [5, 5.41) is 0. The molecule has 5 nitrogen and oxygen atoms in total. The molecule has 0 spiro atoms. The molecule has 4 saturated carbocycles. The number of nitrogens with zero attached hydrogens (tertiary/aromatic N) is 1. The zero-order valence-corrected chi connectivity index (χ0v) is 27.6. The number of fused-ring (bicyclic) bond motifs is 7. The molecule has 0 aromatic carbocycles. The third-order valence-electron chi connectivity index (χ3n) is 14.3. The smallest absolute Gasteiger partial charge is 0.311 e. The van der Waals surface area contributed by atoms with Crippen LogP contribution in [-0.2, 0) is 19.1 Å². The van der Waals surface area contributed by atoms with Crippen molar-refractivity contribution >= 4 is 17.5 Å². The number of ketones is 2. The second-order valence-corrected chi connectivity index (χ2v) is 16.6. The Morgan fingerprint density at radius 3 is 2.24 bits per heavy atom. The first kappa shape index (κ1) is 31.0. The van der Waals surface area contributed by atoms with Gasteiger partial charge in [-0.1, -0.05) is 61.0 Å². The van der Waals surface area contributed by atoms with Gasteiger partial charge in [-0.3, -0.25) is 14.4 Å². The Balaban J connectivity index is 1.47. The van der Waals surface area contributed by atoms with Crippen LogP contribution >= 0.6 is 0 Å². The zero-order valence-electron chi connectivity index (χ0n) is 27.6. The quantitative estimate of drug-likeness (QED) is 0.313. The van der Waals surface area contributed by atoms with Gasteiger partial charge in [0, 0.05) is 24.3 Å². The van der Waals surface area contributed by atoms with Crippen LogP contribution in [-0.4, -0.2) is 48.7 Å². The van der Waals surface area contributed by atoms with Crippen LogP contribution in [0.25, 0.3) is 0 Å². The summed E-state index contributed by atoms with van der Waals surface area (Å²) in [5.74, 6) is 0.998. The largest absolute Gasteiger partial charge is 0.464 e. The Bertz CT molecular complexity index is 1140. The van der Waals surface area contributed by atoms with E-state index in [1.54, 1.807) is 0 Å². The van der Waals surface area contributed by atoms with Gasteiger partial charge in [0.1, 0.15) is 12.4 Å². The molecule has 0 bridgehead atoms. The lowest BCUT2D eigenvalue weighted by molar-refractivity contribution is -0.188. The second-order valence-electron chi connectivity index (χ2n) is 16.6. The molecule has 5 heteroatoms. The van der Waals surface area contributed by atoms with E-state index < -0.39 is 5.41 Å². The third kappa shape index (κ3) is 4.36. The van der Waals surface area contributed by atoms with E-state index in [1.165, 1.54) is 5.57 Å². The Morgan fingerprint density at radius 2 is 1.59 bits per heavy atom. The van der Waals surface area contributed by atoms with Crippen molar-refractivity contribution in [3.05, 3.63) is 11.6 Å². The van der Waals surface area contributed by atoms with E-state index in [0.29, 0.717) is 18.8 Å². The lowest BCUT2D eigenvalue weighted by Gasteiger charge is -2.69. The average Bonchev–Trinajstić information content (AvgIpc) is 2.91. The minimum Gasteiger partial charge on any atom is -0.464 e. The predicted molar refractivity (Wildman–Crippen MR) is 163 cm³/mol. The van der Waals surface area contributed by atoms with Gasteiger partial charge < -0.3 is 9.64 Å². The molecule has 0 amide bonds. The lowest BCUT2D eigenvalue weighted by atomic mass is 9.33. The molecule has 0 N–H and O–H groups in total. The van der Waals surface area contributed by atoms with Crippen molar-refractivity contribution in [1.82, 2.24) is 4.90 Å². The van der Waals surface area contributed by atoms with E-state index in [-0.39, 0.29) is 56.6 Å². The number of carbonyl (C=O) groups excluding carboxylic acids is 3. The maximum Gasteiger partial charge on any atom is 0.311 e. The van der Waals surface area contributed by atoms with Gasteiger partial charge in [-0.25, -0.2) is 0 Å². The Kier molecular flexibility index (Phi) is 7.57. The summed E-state index contributed by atoms with van der Waals surface area (Å²) in [6.07, 6.45) is 10.3. The highest BCUT2D eigenvalue weighted by Crippen LogP contribution is 2.74. The molecule has 5 aliphatic carbocycles. The fourth-order valence-electron chi connectivity index (χ4n) is 11.1. The molecule has 5 rings (SSSR count). The molecule has 0 unspecified atom stereocenters. The van der Waals surface area contributed by atoms with E-state index in [4.69, 9.17) is 4.74 Å². The van der Waals surface area contributed by atoms with Crippen LogP contribution in [0.3, 0.4) is 0 Å². The fourth-order valence-corrected chi connectivity index (χ4v) is 11.1. The highest BCUT2D eigenvalue weighted by molar-refractivity contribution is 5.96. The molecule has 0 aliphatic heterocycles. The molecule has 8 atom stereocenters. The van der Waals surface area contributed by atoms with Crippen LogP contribution < -0.4 is 0 Å². The van der Waals surface area contributed by atoms with Crippen molar-refractivity contribution in [1.29, 1.82) is 0 Å². The third-order valence-corrected chi connectivity index (χ3v) is 14.3. The van der Waals surface area contributed by atoms with Crippen LogP contribution in [0, 0.1) is 50.2 Å². The summed E-state index contributed by atoms with van der Waals surface area (Å²) in [7, 11) is 0. The number of hydrogen-bond acceptors (Lipinski definition) is 5. The minimum atomic E-state index is -0.523. The van der Waals surface area contributed by atoms with Gasteiger partial charge in [0.2, 0.25) is 0 Å². The SMILES string of the molecule is CCN(CC)CCOC(=O)[C@@]1(C)CC[C@]2(C)CC[C@]3(C)C(=CC(=O)[C@@H]4[C@@]5(C)CCC(=O)C(C)(C)[C@@H]5CC[C@]43C)[C@@H]2C1. The highest BCUT2D eigenvalue weighted by atomic mass is 16.5. The number of ether oxygens (including phenoxy) is 1. The number of esters is 1. The van der Waals surface area contributed by atoms with E-state index in [2.05, 4.69) is 73.3 Å². The number of likely N-dealkylation sites (N-methyl/N-ethyl adjacent to an activating group) is 1. The Labute approximate surface area is 249 Å². The predicted octanol–water partition coefficient (Wildman–Crippen LogP) is 7.42. The average molecular weight is 568 g/mol. The highest BCUT2D eigenvalue weighted by Gasteiger charge is 2.70. The molecule has 41 heavy (non-hydrogen) atoms. The summed E-state index contributed by atoms with van der Waals surface area (Å²) in [4.78, 5) is 43.4. The molecular formula is C36H57NO4. The van der Waals surface area contributed by atoms with Gasteiger partial charge in [0.25, 0.3) is 0 Å². The van der Waals surface area contributed by atoms with Crippen LogP contribution in [0.4, 0.5) is 0 Å². The van der Waals surface area contributed by atoms with Crippen LogP contribution in [0.5, 0.6) is 0 Å². The minimum absolute atomic E-state index is 0.0563. The van der Waals surface area contributed by atoms with Gasteiger partial charge in [0.05, 0.1) is 5.41 Å². The van der Waals surface area contributed by atoms with Gasteiger partial charge in [-0.2, -0.15) is 0 Å².